The molecule has 0 aromatic heterocycles. The first-order valence-electron chi connectivity index (χ1n) is 5.97. The van der Waals surface area contributed by atoms with Crippen LogP contribution in [0.4, 0.5) is 5.69 Å². The first-order chi connectivity index (χ1) is 9.14. The lowest BCUT2D eigenvalue weighted by Crippen LogP contribution is -2.30. The van der Waals surface area contributed by atoms with Crippen molar-refractivity contribution in [2.75, 3.05) is 11.6 Å². The zero-order valence-electron chi connectivity index (χ0n) is 11.5. The molecule has 0 heterocycles. The molecule has 0 saturated heterocycles. The monoisotopic (exact) mass is 299 g/mol. The minimum absolute atomic E-state index is 0.00327. The molecule has 7 heteroatoms. The summed E-state index contributed by atoms with van der Waals surface area (Å²) in [7, 11) is -3.47. The number of benzene rings is 1. The van der Waals surface area contributed by atoms with Crippen molar-refractivity contribution in [2.24, 2.45) is 11.8 Å². The number of para-hydroxylation sites is 1. The number of carboxylic acid groups (broad SMARTS) is 1. The second-order valence-corrected chi connectivity index (χ2v) is 6.66. The van der Waals surface area contributed by atoms with Crippen molar-refractivity contribution < 1.29 is 23.1 Å². The SMILES string of the molecule is CC(C(=O)O)C(C)C(=O)Nc1ccccc1S(C)(=O)=O. The molecule has 2 atom stereocenters. The van der Waals surface area contributed by atoms with Crippen molar-refractivity contribution in [3.63, 3.8) is 0 Å². The van der Waals surface area contributed by atoms with Crippen molar-refractivity contribution in [2.45, 2.75) is 18.7 Å². The molecule has 1 aromatic rings. The van der Waals surface area contributed by atoms with Crippen LogP contribution in [0.3, 0.4) is 0 Å². The Hall–Kier alpha value is -1.89. The number of sulfone groups is 1. The van der Waals surface area contributed by atoms with Gasteiger partial charge in [-0.15, -0.1) is 0 Å². The molecule has 0 spiro atoms. The maximum atomic E-state index is 12.0. The Bertz CT molecular complexity index is 623. The molecule has 2 N–H and O–H groups in total. The summed E-state index contributed by atoms with van der Waals surface area (Å²) in [5, 5.41) is 11.3. The van der Waals surface area contributed by atoms with Crippen LogP contribution in [0, 0.1) is 11.8 Å². The molecule has 0 fully saturated rings. The predicted molar refractivity (Wildman–Crippen MR) is 74.1 cm³/mol. The van der Waals surface area contributed by atoms with E-state index >= 15 is 0 Å². The van der Waals surface area contributed by atoms with Gasteiger partial charge in [-0.3, -0.25) is 9.59 Å². The Morgan fingerprint density at radius 1 is 1.15 bits per heavy atom. The Morgan fingerprint density at radius 3 is 2.20 bits per heavy atom. The van der Waals surface area contributed by atoms with E-state index in [9.17, 15) is 18.0 Å². The maximum absolute atomic E-state index is 12.0. The molecule has 1 rings (SSSR count). The van der Waals surface area contributed by atoms with Crippen LogP contribution in [0.2, 0.25) is 0 Å². The van der Waals surface area contributed by atoms with E-state index < -0.39 is 33.5 Å². The molecule has 0 aliphatic heterocycles. The Labute approximate surface area is 117 Å². The summed E-state index contributed by atoms with van der Waals surface area (Å²) in [6, 6.07) is 5.99. The highest BCUT2D eigenvalue weighted by atomic mass is 32.2. The van der Waals surface area contributed by atoms with Gasteiger partial charge < -0.3 is 10.4 Å². The number of carboxylic acids is 1. The minimum atomic E-state index is -3.47. The maximum Gasteiger partial charge on any atom is 0.307 e. The van der Waals surface area contributed by atoms with Gasteiger partial charge in [-0.25, -0.2) is 8.42 Å². The zero-order chi connectivity index (χ0) is 15.5. The topological polar surface area (TPSA) is 101 Å². The van der Waals surface area contributed by atoms with Gasteiger partial charge in [-0.1, -0.05) is 26.0 Å². The summed E-state index contributed by atoms with van der Waals surface area (Å²) in [5.41, 5.74) is 0.157. The summed E-state index contributed by atoms with van der Waals surface area (Å²) in [4.78, 5) is 22.8. The number of aliphatic carboxylic acids is 1. The summed E-state index contributed by atoms with van der Waals surface area (Å²) < 4.78 is 23.2. The fourth-order valence-electron chi connectivity index (χ4n) is 1.58. The molecule has 110 valence electrons. The Balaban J connectivity index is 3.01. The molecular formula is C13H17NO5S. The molecule has 6 nitrogen and oxygen atoms in total. The van der Waals surface area contributed by atoms with Crippen LogP contribution in [0.25, 0.3) is 0 Å². The van der Waals surface area contributed by atoms with Crippen LogP contribution >= 0.6 is 0 Å². The van der Waals surface area contributed by atoms with Crippen molar-refractivity contribution in [3.05, 3.63) is 24.3 Å². The lowest BCUT2D eigenvalue weighted by molar-refractivity contribution is -0.145. The van der Waals surface area contributed by atoms with Crippen molar-refractivity contribution in [1.29, 1.82) is 0 Å². The third-order valence-corrected chi connectivity index (χ3v) is 4.25. The summed E-state index contributed by atoms with van der Waals surface area (Å²) >= 11 is 0. The minimum Gasteiger partial charge on any atom is -0.481 e. The number of anilines is 1. The number of hydrogen-bond acceptors (Lipinski definition) is 4. The first kappa shape index (κ1) is 16.2. The van der Waals surface area contributed by atoms with Gasteiger partial charge in [0, 0.05) is 12.2 Å². The van der Waals surface area contributed by atoms with Crippen molar-refractivity contribution >= 4 is 27.4 Å². The summed E-state index contributed by atoms with van der Waals surface area (Å²) in [5.74, 6) is -3.25. The predicted octanol–water partition coefficient (Wildman–Crippen LogP) is 1.39. The lowest BCUT2D eigenvalue weighted by atomic mass is 9.95. The quantitative estimate of drug-likeness (QED) is 0.855. The van der Waals surface area contributed by atoms with Gasteiger partial charge in [0.1, 0.15) is 0 Å². The van der Waals surface area contributed by atoms with Crippen LogP contribution in [0.1, 0.15) is 13.8 Å². The van der Waals surface area contributed by atoms with E-state index in [0.29, 0.717) is 0 Å². The molecule has 1 aromatic carbocycles. The number of hydrogen-bond donors (Lipinski definition) is 2. The average Bonchev–Trinajstić information content (AvgIpc) is 2.36. The van der Waals surface area contributed by atoms with E-state index in [0.717, 1.165) is 6.26 Å². The van der Waals surface area contributed by atoms with Crippen LogP contribution < -0.4 is 5.32 Å². The highest BCUT2D eigenvalue weighted by molar-refractivity contribution is 7.90. The largest absolute Gasteiger partial charge is 0.481 e. The summed E-state index contributed by atoms with van der Waals surface area (Å²) in [6.07, 6.45) is 1.04. The number of nitrogens with one attached hydrogen (secondary N) is 1. The van der Waals surface area contributed by atoms with E-state index in [4.69, 9.17) is 5.11 Å². The number of carbonyl (C=O) groups is 2. The highest BCUT2D eigenvalue weighted by Crippen LogP contribution is 2.22. The molecule has 0 aliphatic rings. The van der Waals surface area contributed by atoms with E-state index in [1.54, 1.807) is 12.1 Å². The lowest BCUT2D eigenvalue weighted by Gasteiger charge is -2.17. The van der Waals surface area contributed by atoms with Gasteiger partial charge in [0.15, 0.2) is 9.84 Å². The molecule has 1 amide bonds. The fraction of sp³-hybridized carbons (Fsp3) is 0.385. The van der Waals surface area contributed by atoms with Crippen molar-refractivity contribution in [3.8, 4) is 0 Å². The third kappa shape index (κ3) is 3.80. The smallest absolute Gasteiger partial charge is 0.307 e. The Morgan fingerprint density at radius 2 is 1.70 bits per heavy atom. The number of rotatable bonds is 5. The molecule has 0 bridgehead atoms. The average molecular weight is 299 g/mol. The van der Waals surface area contributed by atoms with E-state index in [1.165, 1.54) is 26.0 Å². The summed E-state index contributed by atoms with van der Waals surface area (Å²) in [6.45, 7) is 2.91. The Kier molecular flexibility index (Phi) is 4.88. The zero-order valence-corrected chi connectivity index (χ0v) is 12.3. The van der Waals surface area contributed by atoms with E-state index in [2.05, 4.69) is 5.32 Å². The molecule has 20 heavy (non-hydrogen) atoms. The van der Waals surface area contributed by atoms with Gasteiger partial charge in [-0.05, 0) is 12.1 Å². The second kappa shape index (κ2) is 6.04. The fourth-order valence-corrected chi connectivity index (χ4v) is 2.43. The normalized spacial score (nSPS) is 14.3. The standard InChI is InChI=1S/C13H17NO5S/c1-8(9(2)13(16)17)12(15)14-10-6-4-5-7-11(10)20(3,18)19/h4-9H,1-3H3,(H,14,15)(H,16,17). The molecular weight excluding hydrogens is 282 g/mol. The van der Waals surface area contributed by atoms with Gasteiger partial charge in [0.25, 0.3) is 0 Å². The van der Waals surface area contributed by atoms with Gasteiger partial charge in [0.05, 0.1) is 16.5 Å². The van der Waals surface area contributed by atoms with Crippen LogP contribution in [-0.4, -0.2) is 31.7 Å². The van der Waals surface area contributed by atoms with Gasteiger partial charge >= 0.3 is 5.97 Å². The highest BCUT2D eigenvalue weighted by Gasteiger charge is 2.26. The number of carbonyl (C=O) groups excluding carboxylic acids is 1. The molecule has 0 saturated carbocycles. The third-order valence-electron chi connectivity index (χ3n) is 3.10. The van der Waals surface area contributed by atoms with E-state index in [1.807, 2.05) is 0 Å². The van der Waals surface area contributed by atoms with Crippen LogP contribution in [0.15, 0.2) is 29.2 Å². The second-order valence-electron chi connectivity index (χ2n) is 4.67. The van der Waals surface area contributed by atoms with Gasteiger partial charge in [-0.2, -0.15) is 0 Å². The van der Waals surface area contributed by atoms with E-state index in [-0.39, 0.29) is 10.6 Å². The van der Waals surface area contributed by atoms with Crippen molar-refractivity contribution in [1.82, 2.24) is 0 Å². The van der Waals surface area contributed by atoms with Crippen LogP contribution in [0.5, 0.6) is 0 Å². The number of amides is 1. The molecule has 2 unspecified atom stereocenters. The molecule has 0 radical (unpaired) electrons. The first-order valence-corrected chi connectivity index (χ1v) is 7.86. The molecule has 0 aliphatic carbocycles. The van der Waals surface area contributed by atoms with Gasteiger partial charge in [0.2, 0.25) is 5.91 Å². The van der Waals surface area contributed by atoms with Crippen LogP contribution in [-0.2, 0) is 19.4 Å².